The van der Waals surface area contributed by atoms with Crippen LogP contribution in [0.4, 0.5) is 0 Å². The van der Waals surface area contributed by atoms with Gasteiger partial charge in [0.05, 0.1) is 12.2 Å². The van der Waals surface area contributed by atoms with Crippen molar-refractivity contribution in [3.05, 3.63) is 12.7 Å². The molecule has 1 amide bonds. The summed E-state index contributed by atoms with van der Waals surface area (Å²) in [5.41, 5.74) is 1.70. The van der Waals surface area contributed by atoms with Gasteiger partial charge in [0.15, 0.2) is 0 Å². The van der Waals surface area contributed by atoms with Crippen LogP contribution in [0.15, 0.2) is 12.7 Å². The lowest BCUT2D eigenvalue weighted by Crippen LogP contribution is -2.30. The van der Waals surface area contributed by atoms with E-state index in [2.05, 4.69) is 13.5 Å². The molecule has 2 fully saturated rings. The monoisotopic (exact) mass is 373 g/mol. The number of hydrogen-bond acceptors (Lipinski definition) is 5. The average Bonchev–Trinajstić information content (AvgIpc) is 3.18. The number of carbonyl (C=O) groups is 1. The van der Waals surface area contributed by atoms with E-state index in [1.165, 1.54) is 30.8 Å². The number of fused-ring (bicyclic) bond motifs is 2. The summed E-state index contributed by atoms with van der Waals surface area (Å²) in [4.78, 5) is 11.0. The van der Waals surface area contributed by atoms with E-state index in [0.717, 1.165) is 24.5 Å². The third-order valence-corrected chi connectivity index (χ3v) is 7.51. The smallest absolute Gasteiger partial charge is 0.243 e. The maximum Gasteiger partial charge on any atom is 0.243 e. The highest BCUT2D eigenvalue weighted by molar-refractivity contribution is 7.99. The van der Waals surface area contributed by atoms with Gasteiger partial charge in [0, 0.05) is 17.4 Å². The first-order valence-corrected chi connectivity index (χ1v) is 11.2. The van der Waals surface area contributed by atoms with Gasteiger partial charge in [0.25, 0.3) is 0 Å². The molecule has 2 heterocycles. The molecule has 2 rings (SSSR count). The van der Waals surface area contributed by atoms with Gasteiger partial charge in [-0.1, -0.05) is 13.0 Å². The lowest BCUT2D eigenvalue weighted by Gasteiger charge is -2.28. The summed E-state index contributed by atoms with van der Waals surface area (Å²) in [7, 11) is 0. The Bertz CT molecular complexity index is 408. The van der Waals surface area contributed by atoms with Crippen molar-refractivity contribution in [3.63, 3.8) is 0 Å². The first-order valence-electron chi connectivity index (χ1n) is 9.04. The van der Waals surface area contributed by atoms with E-state index in [-0.39, 0.29) is 5.91 Å². The van der Waals surface area contributed by atoms with Crippen LogP contribution in [0, 0.1) is 11.8 Å². The van der Waals surface area contributed by atoms with E-state index in [0.29, 0.717) is 29.8 Å². The Morgan fingerprint density at radius 3 is 2.88 bits per heavy atom. The Balaban J connectivity index is 1.69. The van der Waals surface area contributed by atoms with Gasteiger partial charge in [-0.3, -0.25) is 10.0 Å². The largest absolute Gasteiger partial charge is 0.374 e. The van der Waals surface area contributed by atoms with Crippen LogP contribution in [0.25, 0.3) is 0 Å². The quantitative estimate of drug-likeness (QED) is 0.235. The summed E-state index contributed by atoms with van der Waals surface area (Å²) in [5, 5.41) is 9.06. The maximum atomic E-state index is 11.0. The van der Waals surface area contributed by atoms with Crippen LogP contribution in [0.1, 0.15) is 45.4 Å². The van der Waals surface area contributed by atoms with Crippen molar-refractivity contribution >= 4 is 29.4 Å². The highest BCUT2D eigenvalue weighted by Crippen LogP contribution is 2.47. The van der Waals surface area contributed by atoms with E-state index in [1.54, 1.807) is 5.48 Å². The van der Waals surface area contributed by atoms with E-state index in [4.69, 9.17) is 9.94 Å². The molecule has 2 bridgehead atoms. The number of carbonyl (C=O) groups excluding carboxylic acids is 1. The fourth-order valence-electron chi connectivity index (χ4n) is 3.85. The minimum absolute atomic E-state index is 0.286. The zero-order chi connectivity index (χ0) is 17.4. The number of thioether (sulfide) groups is 2. The molecule has 138 valence electrons. The zero-order valence-corrected chi connectivity index (χ0v) is 16.2. The van der Waals surface area contributed by atoms with Crippen LogP contribution in [0.5, 0.6) is 0 Å². The summed E-state index contributed by atoms with van der Waals surface area (Å²) < 4.78 is 6.19. The highest BCUT2D eigenvalue weighted by atomic mass is 32.2. The summed E-state index contributed by atoms with van der Waals surface area (Å²) in [5.74, 6) is 4.55. The highest BCUT2D eigenvalue weighted by Gasteiger charge is 2.48. The number of hydroxylamine groups is 1. The summed E-state index contributed by atoms with van der Waals surface area (Å²) in [6, 6.07) is 0. The summed E-state index contributed by atoms with van der Waals surface area (Å²) >= 11 is 3.99. The van der Waals surface area contributed by atoms with Gasteiger partial charge < -0.3 is 4.74 Å². The Morgan fingerprint density at radius 2 is 2.17 bits per heavy atom. The molecule has 24 heavy (non-hydrogen) atoms. The second-order valence-corrected chi connectivity index (χ2v) is 9.46. The Hall–Kier alpha value is -0.170. The molecule has 5 unspecified atom stereocenters. The molecule has 0 aromatic heterocycles. The zero-order valence-electron chi connectivity index (χ0n) is 14.6. The van der Waals surface area contributed by atoms with Crippen LogP contribution < -0.4 is 5.48 Å². The van der Waals surface area contributed by atoms with Crippen LogP contribution in [0.3, 0.4) is 0 Å². The average molecular weight is 374 g/mol. The standard InChI is InChI=1S/C18H31NO3S2/c1-3-10-23-11-9-14-15(17-8-7-16(14)22-17)12-24-13(2)5-4-6-18(20)19-21/h3,13-17,21H,1,4-12H2,2H3,(H,19,20). The first-order chi connectivity index (χ1) is 11.7. The molecule has 6 heteroatoms. The molecule has 2 aliphatic rings. The molecular formula is C18H31NO3S2. The molecule has 5 atom stereocenters. The van der Waals surface area contributed by atoms with Crippen molar-refractivity contribution in [2.45, 2.75) is 62.9 Å². The molecule has 2 N–H and O–H groups in total. The van der Waals surface area contributed by atoms with Crippen LogP contribution in [-0.4, -0.2) is 45.8 Å². The van der Waals surface area contributed by atoms with Crippen molar-refractivity contribution in [3.8, 4) is 0 Å². The van der Waals surface area contributed by atoms with Crippen molar-refractivity contribution in [2.75, 3.05) is 17.3 Å². The Kier molecular flexibility index (Phi) is 9.01. The maximum absolute atomic E-state index is 11.0. The number of amides is 1. The van der Waals surface area contributed by atoms with Gasteiger partial charge in [0.2, 0.25) is 5.91 Å². The predicted octanol–water partition coefficient (Wildman–Crippen LogP) is 3.89. The molecule has 0 saturated carbocycles. The molecule has 2 saturated heterocycles. The topological polar surface area (TPSA) is 58.6 Å². The van der Waals surface area contributed by atoms with Crippen LogP contribution in [-0.2, 0) is 9.53 Å². The van der Waals surface area contributed by atoms with E-state index < -0.39 is 0 Å². The van der Waals surface area contributed by atoms with Gasteiger partial charge in [0.1, 0.15) is 0 Å². The summed E-state index contributed by atoms with van der Waals surface area (Å²) in [6.07, 6.45) is 8.93. The molecule has 0 aromatic rings. The van der Waals surface area contributed by atoms with E-state index in [9.17, 15) is 4.79 Å². The molecule has 0 radical (unpaired) electrons. The normalized spacial score (nSPS) is 29.6. The van der Waals surface area contributed by atoms with Gasteiger partial charge in [-0.2, -0.15) is 23.5 Å². The van der Waals surface area contributed by atoms with Gasteiger partial charge in [-0.25, -0.2) is 5.48 Å². The molecule has 0 aliphatic carbocycles. The number of ether oxygens (including phenoxy) is 1. The second-order valence-electron chi connectivity index (χ2n) is 6.84. The van der Waals surface area contributed by atoms with Crippen molar-refractivity contribution in [1.29, 1.82) is 0 Å². The number of hydrogen-bond donors (Lipinski definition) is 2. The third-order valence-electron chi connectivity index (χ3n) is 5.13. The SMILES string of the molecule is C=CCSCCC1C2CCC(O2)C1CSC(C)CCCC(=O)NO. The third kappa shape index (κ3) is 5.97. The minimum Gasteiger partial charge on any atom is -0.374 e. The first kappa shape index (κ1) is 20.1. The van der Waals surface area contributed by atoms with Gasteiger partial charge in [-0.05, 0) is 55.4 Å². The van der Waals surface area contributed by atoms with Crippen molar-refractivity contribution in [2.24, 2.45) is 11.8 Å². The fraction of sp³-hybridized carbons (Fsp3) is 0.833. The molecule has 0 spiro atoms. The number of nitrogens with one attached hydrogen (secondary N) is 1. The van der Waals surface area contributed by atoms with Crippen LogP contribution in [0.2, 0.25) is 0 Å². The number of rotatable bonds is 12. The van der Waals surface area contributed by atoms with Gasteiger partial charge in [-0.15, -0.1) is 6.58 Å². The van der Waals surface area contributed by atoms with E-state index in [1.807, 2.05) is 29.6 Å². The molecule has 4 nitrogen and oxygen atoms in total. The lowest BCUT2D eigenvalue weighted by molar-refractivity contribution is -0.129. The van der Waals surface area contributed by atoms with Gasteiger partial charge >= 0.3 is 0 Å². The molecule has 2 aliphatic heterocycles. The Labute approximate surface area is 154 Å². The second kappa shape index (κ2) is 10.7. The van der Waals surface area contributed by atoms with Crippen molar-refractivity contribution in [1.82, 2.24) is 5.48 Å². The fourth-order valence-corrected chi connectivity index (χ4v) is 5.97. The molecule has 0 aromatic carbocycles. The Morgan fingerprint density at radius 1 is 1.42 bits per heavy atom. The predicted molar refractivity (Wildman–Crippen MR) is 103 cm³/mol. The van der Waals surface area contributed by atoms with Crippen molar-refractivity contribution < 1.29 is 14.7 Å². The lowest BCUT2D eigenvalue weighted by atomic mass is 9.79. The molecular weight excluding hydrogens is 342 g/mol. The van der Waals surface area contributed by atoms with Crippen LogP contribution >= 0.6 is 23.5 Å². The van der Waals surface area contributed by atoms with E-state index >= 15 is 0 Å². The minimum atomic E-state index is -0.286. The summed E-state index contributed by atoms with van der Waals surface area (Å²) in [6.45, 7) is 6.03.